The average Bonchev–Trinajstić information content (AvgIpc) is 3.40. The molecule has 1 N–H and O–H groups in total. The fourth-order valence-electron chi connectivity index (χ4n) is 4.40. The van der Waals surface area contributed by atoms with E-state index in [1.807, 2.05) is 36.4 Å². The van der Waals surface area contributed by atoms with Gasteiger partial charge in [0.15, 0.2) is 11.5 Å². The summed E-state index contributed by atoms with van der Waals surface area (Å²) < 4.78 is 22.5. The van der Waals surface area contributed by atoms with Gasteiger partial charge in [-0.25, -0.2) is 4.79 Å². The maximum Gasteiger partial charge on any atom is 0.337 e. The number of nitrogens with zero attached hydrogens (tertiary/aromatic N) is 1. The van der Waals surface area contributed by atoms with Gasteiger partial charge < -0.3 is 29.2 Å². The zero-order chi connectivity index (χ0) is 21.4. The maximum absolute atomic E-state index is 12.6. The quantitative estimate of drug-likeness (QED) is 0.630. The van der Waals surface area contributed by atoms with Gasteiger partial charge in [0.1, 0.15) is 19.0 Å². The number of halogens is 1. The Bertz CT molecular complexity index is 1050. The first-order valence-corrected chi connectivity index (χ1v) is 10.7. The van der Waals surface area contributed by atoms with E-state index >= 15 is 0 Å². The van der Waals surface area contributed by atoms with Crippen molar-refractivity contribution >= 4 is 24.1 Å². The van der Waals surface area contributed by atoms with E-state index in [1.165, 1.54) is 0 Å². The molecular formula is C24H27ClN2O5. The molecule has 8 heteroatoms. The first kappa shape index (κ1) is 22.3. The summed E-state index contributed by atoms with van der Waals surface area (Å²) >= 11 is 0. The highest BCUT2D eigenvalue weighted by Crippen LogP contribution is 2.49. The monoisotopic (exact) mass is 458 g/mol. The standard InChI is InChI=1S/C24H26N2O5.ClH/c1-3-26(4-2)8-9-28-16-7-5-6-15(10-16)22-17-11-20-21(31-14-30-20)12-18(17)25-19-13-29-24(27)23(19)22;/h5-7,10-12,22,25H,3-4,8-9,13-14H2,1-2H3;1H. The molecule has 32 heavy (non-hydrogen) atoms. The molecule has 0 radical (unpaired) electrons. The van der Waals surface area contributed by atoms with Gasteiger partial charge in [-0.15, -0.1) is 12.4 Å². The summed E-state index contributed by atoms with van der Waals surface area (Å²) in [7, 11) is 0. The largest absolute Gasteiger partial charge is 0.492 e. The number of fused-ring (bicyclic) bond motifs is 2. The van der Waals surface area contributed by atoms with Crippen LogP contribution in [0.15, 0.2) is 47.7 Å². The topological polar surface area (TPSA) is 69.3 Å². The van der Waals surface area contributed by atoms with Crippen LogP contribution in [0.4, 0.5) is 5.69 Å². The lowest BCUT2D eigenvalue weighted by atomic mass is 9.81. The van der Waals surface area contributed by atoms with E-state index in [9.17, 15) is 4.79 Å². The van der Waals surface area contributed by atoms with Crippen molar-refractivity contribution in [2.45, 2.75) is 19.8 Å². The van der Waals surface area contributed by atoms with E-state index in [1.54, 1.807) is 0 Å². The van der Waals surface area contributed by atoms with Crippen molar-refractivity contribution in [1.82, 2.24) is 4.90 Å². The molecule has 0 aromatic heterocycles. The van der Waals surface area contributed by atoms with Crippen molar-refractivity contribution in [1.29, 1.82) is 0 Å². The molecule has 1 atom stereocenters. The Balaban J connectivity index is 0.00000245. The van der Waals surface area contributed by atoms with Crippen LogP contribution in [0.3, 0.4) is 0 Å². The van der Waals surface area contributed by atoms with Gasteiger partial charge >= 0.3 is 5.97 Å². The molecule has 0 fully saturated rings. The van der Waals surface area contributed by atoms with Crippen LogP contribution < -0.4 is 19.5 Å². The third-order valence-corrected chi connectivity index (χ3v) is 6.08. The van der Waals surface area contributed by atoms with Crippen molar-refractivity contribution in [3.63, 3.8) is 0 Å². The number of likely N-dealkylation sites (N-methyl/N-ethyl adjacent to an activating group) is 1. The fourth-order valence-corrected chi connectivity index (χ4v) is 4.40. The number of rotatable bonds is 7. The van der Waals surface area contributed by atoms with Gasteiger partial charge in [-0.3, -0.25) is 0 Å². The van der Waals surface area contributed by atoms with E-state index in [2.05, 4.69) is 24.1 Å². The number of nitrogens with one attached hydrogen (secondary N) is 1. The third kappa shape index (κ3) is 3.98. The summed E-state index contributed by atoms with van der Waals surface area (Å²) in [6, 6.07) is 11.9. The van der Waals surface area contributed by atoms with Crippen LogP contribution in [0.25, 0.3) is 0 Å². The summed E-state index contributed by atoms with van der Waals surface area (Å²) in [5.74, 6) is 1.63. The summed E-state index contributed by atoms with van der Waals surface area (Å²) in [6.07, 6.45) is 0. The Labute approximate surface area is 193 Å². The summed E-state index contributed by atoms with van der Waals surface area (Å²) in [6.45, 7) is 8.24. The molecule has 2 aromatic carbocycles. The van der Waals surface area contributed by atoms with Crippen LogP contribution in [0.1, 0.15) is 30.9 Å². The van der Waals surface area contributed by atoms with Crippen LogP contribution in [0, 0.1) is 0 Å². The number of hydrogen-bond donors (Lipinski definition) is 1. The second-order valence-corrected chi connectivity index (χ2v) is 7.77. The lowest BCUT2D eigenvalue weighted by molar-refractivity contribution is -0.136. The number of carbonyl (C=O) groups excluding carboxylic acids is 1. The van der Waals surface area contributed by atoms with Crippen LogP contribution in [-0.4, -0.2) is 50.5 Å². The molecule has 3 aliphatic heterocycles. The SMILES string of the molecule is CCN(CC)CCOc1cccc(C2C3=C(COC3=O)Nc3cc4c(cc32)OCO4)c1.Cl. The maximum atomic E-state index is 12.6. The first-order chi connectivity index (χ1) is 15.2. The molecule has 0 amide bonds. The van der Waals surface area contributed by atoms with E-state index in [4.69, 9.17) is 18.9 Å². The minimum absolute atomic E-state index is 0. The molecule has 7 nitrogen and oxygen atoms in total. The normalized spacial score (nSPS) is 18.0. The van der Waals surface area contributed by atoms with Gasteiger partial charge in [0.05, 0.1) is 11.3 Å². The smallest absolute Gasteiger partial charge is 0.337 e. The molecule has 0 saturated heterocycles. The van der Waals surface area contributed by atoms with Crippen molar-refractivity contribution < 1.29 is 23.7 Å². The minimum Gasteiger partial charge on any atom is -0.492 e. The molecule has 0 bridgehead atoms. The zero-order valence-electron chi connectivity index (χ0n) is 18.2. The zero-order valence-corrected chi connectivity index (χ0v) is 19.0. The van der Waals surface area contributed by atoms with Crippen molar-refractivity contribution in [2.75, 3.05) is 45.0 Å². The van der Waals surface area contributed by atoms with Gasteiger partial charge in [0.25, 0.3) is 0 Å². The lowest BCUT2D eigenvalue weighted by Crippen LogP contribution is -2.27. The van der Waals surface area contributed by atoms with Gasteiger partial charge in [-0.2, -0.15) is 0 Å². The second-order valence-electron chi connectivity index (χ2n) is 7.77. The number of anilines is 1. The molecule has 3 heterocycles. The Kier molecular flexibility index (Phi) is 6.48. The highest BCUT2D eigenvalue weighted by Gasteiger charge is 2.39. The Hall–Kier alpha value is -2.90. The van der Waals surface area contributed by atoms with Crippen LogP contribution in [0.5, 0.6) is 17.2 Å². The molecule has 2 aromatic rings. The Morgan fingerprint density at radius 1 is 1.09 bits per heavy atom. The Morgan fingerprint density at radius 3 is 2.66 bits per heavy atom. The highest BCUT2D eigenvalue weighted by molar-refractivity contribution is 5.97. The fraction of sp³-hybridized carbons (Fsp3) is 0.375. The summed E-state index contributed by atoms with van der Waals surface area (Å²) in [5.41, 5.74) is 4.29. The highest BCUT2D eigenvalue weighted by atomic mass is 35.5. The molecule has 5 rings (SSSR count). The van der Waals surface area contributed by atoms with Gasteiger partial charge in [-0.05, 0) is 42.4 Å². The number of carbonyl (C=O) groups is 1. The number of ether oxygens (including phenoxy) is 4. The summed E-state index contributed by atoms with van der Waals surface area (Å²) in [4.78, 5) is 14.9. The van der Waals surface area contributed by atoms with E-state index in [-0.39, 0.29) is 37.7 Å². The molecule has 170 valence electrons. The minimum atomic E-state index is -0.288. The third-order valence-electron chi connectivity index (χ3n) is 6.08. The van der Waals surface area contributed by atoms with E-state index < -0.39 is 0 Å². The Morgan fingerprint density at radius 2 is 1.88 bits per heavy atom. The molecule has 3 aliphatic rings. The number of cyclic esters (lactones) is 1. The van der Waals surface area contributed by atoms with E-state index in [0.717, 1.165) is 47.9 Å². The van der Waals surface area contributed by atoms with Crippen LogP contribution in [-0.2, 0) is 9.53 Å². The molecule has 0 saturated carbocycles. The molecule has 0 spiro atoms. The second kappa shape index (κ2) is 9.30. The number of benzene rings is 2. The van der Waals surface area contributed by atoms with E-state index in [0.29, 0.717) is 23.7 Å². The molecule has 0 aliphatic carbocycles. The van der Waals surface area contributed by atoms with Gasteiger partial charge in [0, 0.05) is 24.2 Å². The average molecular weight is 459 g/mol. The molecule has 1 unspecified atom stereocenters. The lowest BCUT2D eigenvalue weighted by Gasteiger charge is -2.27. The predicted octanol–water partition coefficient (Wildman–Crippen LogP) is 3.93. The summed E-state index contributed by atoms with van der Waals surface area (Å²) in [5, 5.41) is 3.35. The van der Waals surface area contributed by atoms with Crippen LogP contribution >= 0.6 is 12.4 Å². The van der Waals surface area contributed by atoms with Crippen molar-refractivity contribution in [3.05, 3.63) is 58.8 Å². The molecular weight excluding hydrogens is 432 g/mol. The number of hydrogen-bond acceptors (Lipinski definition) is 7. The van der Waals surface area contributed by atoms with Gasteiger partial charge in [0.2, 0.25) is 6.79 Å². The number of esters is 1. The predicted molar refractivity (Wildman–Crippen MR) is 123 cm³/mol. The van der Waals surface area contributed by atoms with Gasteiger partial charge in [-0.1, -0.05) is 26.0 Å². The van der Waals surface area contributed by atoms with Crippen molar-refractivity contribution in [3.8, 4) is 17.2 Å². The van der Waals surface area contributed by atoms with Crippen molar-refractivity contribution in [2.24, 2.45) is 0 Å². The van der Waals surface area contributed by atoms with Crippen LogP contribution in [0.2, 0.25) is 0 Å². The first-order valence-electron chi connectivity index (χ1n) is 10.7.